The number of cyclic esters (lactones) is 1. The summed E-state index contributed by atoms with van der Waals surface area (Å²) in [6.07, 6.45) is -0.576. The second-order valence-corrected chi connectivity index (χ2v) is 8.66. The second-order valence-electron chi connectivity index (χ2n) is 8.66. The average Bonchev–Trinajstić information content (AvgIpc) is 3.16. The van der Waals surface area contributed by atoms with Crippen molar-refractivity contribution < 1.29 is 33.0 Å². The predicted molar refractivity (Wildman–Crippen MR) is 122 cm³/mol. The number of amides is 4. The van der Waals surface area contributed by atoms with Gasteiger partial charge in [0, 0.05) is 11.9 Å². The summed E-state index contributed by atoms with van der Waals surface area (Å²) < 4.78 is 25.0. The van der Waals surface area contributed by atoms with Crippen LogP contribution in [0.5, 0.6) is 0 Å². The highest BCUT2D eigenvalue weighted by molar-refractivity contribution is 5.97. The zero-order chi connectivity index (χ0) is 25.6. The van der Waals surface area contributed by atoms with Crippen molar-refractivity contribution in [2.24, 2.45) is 0 Å². The Balaban J connectivity index is 1.53. The highest BCUT2D eigenvalue weighted by Crippen LogP contribution is 2.24. The van der Waals surface area contributed by atoms with Crippen LogP contribution in [0.2, 0.25) is 0 Å². The fourth-order valence-corrected chi connectivity index (χ4v) is 3.11. The second kappa shape index (κ2) is 10.8. The van der Waals surface area contributed by atoms with Crippen LogP contribution in [0.4, 0.5) is 19.7 Å². The maximum absolute atomic E-state index is 14.6. The quantitative estimate of drug-likeness (QED) is 0.530. The van der Waals surface area contributed by atoms with Crippen molar-refractivity contribution in [1.82, 2.24) is 21.2 Å². The van der Waals surface area contributed by atoms with Crippen LogP contribution in [0.25, 0.3) is 0 Å². The van der Waals surface area contributed by atoms with Gasteiger partial charge in [-0.1, -0.05) is 6.07 Å². The summed E-state index contributed by atoms with van der Waals surface area (Å²) in [5.74, 6) is -2.30. The van der Waals surface area contributed by atoms with E-state index in [1.54, 1.807) is 39.0 Å². The Morgan fingerprint density at radius 3 is 2.63 bits per heavy atom. The molecule has 3 rings (SSSR count). The Morgan fingerprint density at radius 2 is 1.97 bits per heavy atom. The first kappa shape index (κ1) is 25.4. The summed E-state index contributed by atoms with van der Waals surface area (Å²) in [6.45, 7) is 5.23. The standard InChI is InChI=1S/C23H26FN5O6/c1-23(2,3)35-21(32)26-12-16-13-29(22(33)34-16)15-7-8-17(18(24)11-15)20(31)28-27-19(30)10-14-6-4-5-9-25-14/h4-9,11,16H,10,12-13H2,1-3H3,(H,26,32)(H,27,30)(H,28,31)/t16-/m0/s1. The van der Waals surface area contributed by atoms with Crippen LogP contribution in [-0.2, 0) is 20.7 Å². The first-order chi connectivity index (χ1) is 16.5. The molecular weight excluding hydrogens is 461 g/mol. The van der Waals surface area contributed by atoms with Gasteiger partial charge in [-0.05, 0) is 51.1 Å². The molecule has 1 fully saturated rings. The zero-order valence-electron chi connectivity index (χ0n) is 19.5. The third-order valence-corrected chi connectivity index (χ3v) is 4.64. The van der Waals surface area contributed by atoms with E-state index in [9.17, 15) is 23.6 Å². The lowest BCUT2D eigenvalue weighted by atomic mass is 10.1. The van der Waals surface area contributed by atoms with Crippen LogP contribution in [0.15, 0.2) is 42.6 Å². The van der Waals surface area contributed by atoms with Crippen LogP contribution < -0.4 is 21.1 Å². The van der Waals surface area contributed by atoms with E-state index in [0.29, 0.717) is 5.69 Å². The number of alkyl carbamates (subject to hydrolysis) is 1. The van der Waals surface area contributed by atoms with E-state index >= 15 is 0 Å². The van der Waals surface area contributed by atoms with Gasteiger partial charge >= 0.3 is 12.2 Å². The van der Waals surface area contributed by atoms with Gasteiger partial charge in [-0.3, -0.25) is 30.3 Å². The fraction of sp³-hybridized carbons (Fsp3) is 0.348. The van der Waals surface area contributed by atoms with Crippen molar-refractivity contribution in [2.45, 2.75) is 38.9 Å². The summed E-state index contributed by atoms with van der Waals surface area (Å²) in [4.78, 5) is 53.4. The number of rotatable bonds is 6. The largest absolute Gasteiger partial charge is 0.444 e. The topological polar surface area (TPSA) is 139 Å². The molecule has 4 amide bonds. The van der Waals surface area contributed by atoms with Crippen LogP contribution in [0.3, 0.4) is 0 Å². The monoisotopic (exact) mass is 487 g/mol. The maximum Gasteiger partial charge on any atom is 0.414 e. The molecule has 12 heteroatoms. The minimum atomic E-state index is -0.901. The number of hydrogen-bond acceptors (Lipinski definition) is 7. The third-order valence-electron chi connectivity index (χ3n) is 4.64. The summed E-state index contributed by atoms with van der Waals surface area (Å²) in [7, 11) is 0. The van der Waals surface area contributed by atoms with E-state index < -0.39 is 41.5 Å². The molecule has 2 heterocycles. The van der Waals surface area contributed by atoms with E-state index in [-0.39, 0.29) is 30.8 Å². The molecule has 0 spiro atoms. The van der Waals surface area contributed by atoms with E-state index in [1.165, 1.54) is 23.2 Å². The minimum Gasteiger partial charge on any atom is -0.444 e. The van der Waals surface area contributed by atoms with Gasteiger partial charge in [0.1, 0.15) is 17.5 Å². The molecule has 0 unspecified atom stereocenters. The highest BCUT2D eigenvalue weighted by Gasteiger charge is 2.33. The predicted octanol–water partition coefficient (Wildman–Crippen LogP) is 2.07. The van der Waals surface area contributed by atoms with Crippen LogP contribution in [-0.4, -0.2) is 53.8 Å². The van der Waals surface area contributed by atoms with Crippen molar-refractivity contribution in [2.75, 3.05) is 18.0 Å². The van der Waals surface area contributed by atoms with Gasteiger partial charge in [-0.15, -0.1) is 0 Å². The molecule has 1 aromatic carbocycles. The van der Waals surface area contributed by atoms with Crippen molar-refractivity contribution in [3.63, 3.8) is 0 Å². The van der Waals surface area contributed by atoms with Crippen molar-refractivity contribution >= 4 is 29.7 Å². The maximum atomic E-state index is 14.6. The number of hydrogen-bond donors (Lipinski definition) is 3. The van der Waals surface area contributed by atoms with Crippen molar-refractivity contribution in [3.8, 4) is 0 Å². The lowest BCUT2D eigenvalue weighted by Crippen LogP contribution is -2.42. The van der Waals surface area contributed by atoms with E-state index in [0.717, 1.165) is 6.07 Å². The number of hydrazine groups is 1. The molecule has 11 nitrogen and oxygen atoms in total. The van der Waals surface area contributed by atoms with Gasteiger partial charge in [0.2, 0.25) is 5.91 Å². The first-order valence-electron chi connectivity index (χ1n) is 10.8. The molecule has 0 radical (unpaired) electrons. The number of halogens is 1. The number of aromatic nitrogens is 1. The van der Waals surface area contributed by atoms with Crippen LogP contribution in [0.1, 0.15) is 36.8 Å². The molecule has 1 aliphatic rings. The van der Waals surface area contributed by atoms with Crippen molar-refractivity contribution in [1.29, 1.82) is 0 Å². The molecule has 2 aromatic rings. The molecule has 186 valence electrons. The van der Waals surface area contributed by atoms with E-state index in [1.807, 2.05) is 0 Å². The molecule has 3 N–H and O–H groups in total. The lowest BCUT2D eigenvalue weighted by Gasteiger charge is -2.20. The molecule has 1 aromatic heterocycles. The molecular formula is C23H26FN5O6. The fourth-order valence-electron chi connectivity index (χ4n) is 3.11. The van der Waals surface area contributed by atoms with Gasteiger partial charge in [-0.25, -0.2) is 14.0 Å². The number of carbonyl (C=O) groups excluding carboxylic acids is 4. The SMILES string of the molecule is CC(C)(C)OC(=O)NC[C@H]1CN(c2ccc(C(=O)NNC(=O)Cc3ccccn3)c(F)c2)C(=O)O1. The molecule has 0 saturated carbocycles. The zero-order valence-corrected chi connectivity index (χ0v) is 19.5. The molecule has 1 aliphatic heterocycles. The number of pyridine rings is 1. The molecule has 1 saturated heterocycles. The lowest BCUT2D eigenvalue weighted by molar-refractivity contribution is -0.121. The summed E-state index contributed by atoms with van der Waals surface area (Å²) in [6, 6.07) is 8.65. The Morgan fingerprint density at radius 1 is 1.20 bits per heavy atom. The van der Waals surface area contributed by atoms with Gasteiger partial charge in [0.25, 0.3) is 5.91 Å². The summed E-state index contributed by atoms with van der Waals surface area (Å²) >= 11 is 0. The molecule has 35 heavy (non-hydrogen) atoms. The van der Waals surface area contributed by atoms with Crippen LogP contribution in [0, 0.1) is 5.82 Å². The van der Waals surface area contributed by atoms with E-state index in [2.05, 4.69) is 21.2 Å². The van der Waals surface area contributed by atoms with Gasteiger partial charge in [0.05, 0.1) is 30.8 Å². The summed E-state index contributed by atoms with van der Waals surface area (Å²) in [5.41, 5.74) is 4.02. The number of benzene rings is 1. The normalized spacial score (nSPS) is 15.3. The smallest absolute Gasteiger partial charge is 0.414 e. The summed E-state index contributed by atoms with van der Waals surface area (Å²) in [5, 5.41) is 2.52. The highest BCUT2D eigenvalue weighted by atomic mass is 19.1. The molecule has 0 bridgehead atoms. The van der Waals surface area contributed by atoms with Gasteiger partial charge in [-0.2, -0.15) is 0 Å². The van der Waals surface area contributed by atoms with E-state index in [4.69, 9.17) is 9.47 Å². The Hall–Kier alpha value is -4.22. The Labute approximate surface area is 200 Å². The number of nitrogens with zero attached hydrogens (tertiary/aromatic N) is 2. The number of ether oxygens (including phenoxy) is 2. The molecule has 1 atom stereocenters. The first-order valence-corrected chi connectivity index (χ1v) is 10.8. The van der Waals surface area contributed by atoms with Crippen molar-refractivity contribution in [3.05, 3.63) is 59.7 Å². The minimum absolute atomic E-state index is 0.0122. The number of carbonyl (C=O) groups is 4. The van der Waals surface area contributed by atoms with Crippen LogP contribution >= 0.6 is 0 Å². The van der Waals surface area contributed by atoms with Gasteiger partial charge < -0.3 is 14.8 Å². The number of anilines is 1. The average molecular weight is 487 g/mol. The Kier molecular flexibility index (Phi) is 7.84. The Bertz CT molecular complexity index is 1110. The number of nitrogens with one attached hydrogen (secondary N) is 3. The molecule has 0 aliphatic carbocycles. The third kappa shape index (κ3) is 7.39. The van der Waals surface area contributed by atoms with Gasteiger partial charge in [0.15, 0.2) is 0 Å².